The molecule has 4 rings (SSSR count). The normalized spacial score (nSPS) is 10.6. The van der Waals surface area contributed by atoms with Crippen LogP contribution in [-0.4, -0.2) is 20.2 Å². The van der Waals surface area contributed by atoms with E-state index in [1.54, 1.807) is 47.2 Å². The molecule has 0 fully saturated rings. The molecule has 0 bridgehead atoms. The number of benzene rings is 1. The number of nitrogens with zero attached hydrogens (tertiary/aromatic N) is 3. The second-order valence-electron chi connectivity index (χ2n) is 5.85. The van der Waals surface area contributed by atoms with Gasteiger partial charge in [-0.3, -0.25) is 24.1 Å². The first kappa shape index (κ1) is 18.3. The number of hydrogen-bond acceptors (Lipinski definition) is 7. The van der Waals surface area contributed by atoms with Gasteiger partial charge >= 0.3 is 17.1 Å². The third-order valence-electron chi connectivity index (χ3n) is 3.97. The van der Waals surface area contributed by atoms with Crippen molar-refractivity contribution >= 4 is 34.3 Å². The molecule has 29 heavy (non-hydrogen) atoms. The molecule has 0 spiro atoms. The van der Waals surface area contributed by atoms with Crippen molar-refractivity contribution in [1.29, 1.82) is 0 Å². The molecule has 0 saturated heterocycles. The van der Waals surface area contributed by atoms with Crippen LogP contribution in [0.1, 0.15) is 10.4 Å². The molecule has 0 atom stereocenters. The lowest BCUT2D eigenvalue weighted by molar-refractivity contribution is -0.387. The molecule has 3 aromatic heterocycles. The zero-order chi connectivity index (χ0) is 20.4. The fourth-order valence-electron chi connectivity index (χ4n) is 2.60. The molecular weight excluding hydrogens is 396 g/mol. The Bertz CT molecular complexity index is 1270. The summed E-state index contributed by atoms with van der Waals surface area (Å²) >= 11 is 1.42. The Kier molecular flexibility index (Phi) is 4.75. The largest absolute Gasteiger partial charge is 0.433 e. The monoisotopic (exact) mass is 408 g/mol. The van der Waals surface area contributed by atoms with Gasteiger partial charge in [0.25, 0.3) is 5.91 Å². The molecule has 0 unspecified atom stereocenters. The predicted octanol–water partition coefficient (Wildman–Crippen LogP) is 3.71. The van der Waals surface area contributed by atoms with Gasteiger partial charge < -0.3 is 10.1 Å². The molecule has 0 aliphatic heterocycles. The second-order valence-corrected chi connectivity index (χ2v) is 6.63. The van der Waals surface area contributed by atoms with Gasteiger partial charge in [0.2, 0.25) is 0 Å². The van der Waals surface area contributed by atoms with E-state index in [1.165, 1.54) is 29.7 Å². The third kappa shape index (κ3) is 3.69. The number of amides is 1. The van der Waals surface area contributed by atoms with Gasteiger partial charge in [-0.05, 0) is 47.8 Å². The molecule has 0 saturated carbocycles. The van der Waals surface area contributed by atoms with Crippen LogP contribution in [0, 0.1) is 10.1 Å². The van der Waals surface area contributed by atoms with Crippen LogP contribution in [0.15, 0.2) is 70.3 Å². The van der Waals surface area contributed by atoms with Crippen molar-refractivity contribution < 1.29 is 14.5 Å². The molecule has 1 aromatic carbocycles. The summed E-state index contributed by atoms with van der Waals surface area (Å²) in [6.45, 7) is 0. The van der Waals surface area contributed by atoms with Crippen molar-refractivity contribution in [1.82, 2.24) is 9.38 Å². The highest BCUT2D eigenvalue weighted by atomic mass is 32.1. The van der Waals surface area contributed by atoms with Gasteiger partial charge in [-0.2, -0.15) is 16.3 Å². The zero-order valence-corrected chi connectivity index (χ0v) is 15.5. The van der Waals surface area contributed by atoms with E-state index in [-0.39, 0.29) is 17.3 Å². The quantitative estimate of drug-likeness (QED) is 0.397. The first-order valence-electron chi connectivity index (χ1n) is 8.30. The fraction of sp³-hybridized carbons (Fsp3) is 0. The number of carbonyl (C=O) groups is 1. The van der Waals surface area contributed by atoms with Gasteiger partial charge in [0, 0.05) is 17.3 Å². The van der Waals surface area contributed by atoms with Crippen LogP contribution in [0.25, 0.3) is 5.65 Å². The summed E-state index contributed by atoms with van der Waals surface area (Å²) in [4.78, 5) is 39.2. The number of nitrogens with one attached hydrogen (secondary N) is 1. The smallest absolute Gasteiger partial charge is 0.396 e. The van der Waals surface area contributed by atoms with Gasteiger partial charge in [-0.1, -0.05) is 6.07 Å². The van der Waals surface area contributed by atoms with E-state index in [0.29, 0.717) is 11.3 Å². The van der Waals surface area contributed by atoms with Gasteiger partial charge in [0.15, 0.2) is 0 Å². The molecule has 0 aliphatic rings. The maximum absolute atomic E-state index is 12.4. The Morgan fingerprint density at radius 1 is 1.17 bits per heavy atom. The van der Waals surface area contributed by atoms with Crippen molar-refractivity contribution in [2.24, 2.45) is 0 Å². The Morgan fingerprint density at radius 3 is 2.66 bits per heavy atom. The number of fused-ring (bicyclic) bond motifs is 1. The lowest BCUT2D eigenvalue weighted by atomic mass is 10.2. The summed E-state index contributed by atoms with van der Waals surface area (Å²) < 4.78 is 6.59. The maximum atomic E-state index is 12.4. The topological polar surface area (TPSA) is 116 Å². The molecule has 0 aliphatic carbocycles. The highest BCUT2D eigenvalue weighted by molar-refractivity contribution is 7.08. The van der Waals surface area contributed by atoms with E-state index in [1.807, 2.05) is 0 Å². The average Bonchev–Trinajstić information content (AvgIpc) is 3.24. The summed E-state index contributed by atoms with van der Waals surface area (Å²) in [6, 6.07) is 12.7. The Hall–Kier alpha value is -4.05. The van der Waals surface area contributed by atoms with Crippen molar-refractivity contribution in [3.05, 3.63) is 91.5 Å². The van der Waals surface area contributed by atoms with E-state index in [2.05, 4.69) is 10.3 Å². The number of carbonyl (C=O) groups excluding carboxylic acids is 1. The Labute approximate surface area is 167 Å². The van der Waals surface area contributed by atoms with Crippen LogP contribution in [0.5, 0.6) is 11.6 Å². The fourth-order valence-corrected chi connectivity index (χ4v) is 3.24. The number of hydrogen-bond donors (Lipinski definition) is 1. The highest BCUT2D eigenvalue weighted by Gasteiger charge is 2.25. The summed E-state index contributed by atoms with van der Waals surface area (Å²) in [5, 5.41) is 17.7. The van der Waals surface area contributed by atoms with E-state index in [9.17, 15) is 19.7 Å². The van der Waals surface area contributed by atoms with Crippen LogP contribution >= 0.6 is 11.3 Å². The lowest BCUT2D eigenvalue weighted by Crippen LogP contribution is -2.19. The minimum absolute atomic E-state index is 0.220. The van der Waals surface area contributed by atoms with Gasteiger partial charge in [-0.15, -0.1) is 0 Å². The minimum Gasteiger partial charge on any atom is -0.433 e. The summed E-state index contributed by atoms with van der Waals surface area (Å²) in [6.07, 6.45) is 1.40. The number of aromatic nitrogens is 2. The van der Waals surface area contributed by atoms with Gasteiger partial charge in [0.05, 0.1) is 10.5 Å². The first-order chi connectivity index (χ1) is 14.0. The van der Waals surface area contributed by atoms with Crippen LogP contribution < -0.4 is 15.6 Å². The maximum Gasteiger partial charge on any atom is 0.396 e. The first-order valence-corrected chi connectivity index (χ1v) is 9.24. The summed E-state index contributed by atoms with van der Waals surface area (Å²) in [5.41, 5.74) is -0.307. The zero-order valence-electron chi connectivity index (χ0n) is 14.6. The SMILES string of the molecule is O=C(Nc1ccc(Oc2nc3ccccn3c(=O)c2[N+](=O)[O-])cc1)c1ccsc1. The number of nitro groups is 1. The predicted molar refractivity (Wildman–Crippen MR) is 107 cm³/mol. The molecule has 4 aromatic rings. The van der Waals surface area contributed by atoms with Crippen LogP contribution in [0.3, 0.4) is 0 Å². The minimum atomic E-state index is -0.838. The Morgan fingerprint density at radius 2 is 1.97 bits per heavy atom. The molecule has 1 amide bonds. The van der Waals surface area contributed by atoms with Crippen LogP contribution in [0.2, 0.25) is 0 Å². The van der Waals surface area contributed by atoms with E-state index < -0.39 is 22.0 Å². The second kappa shape index (κ2) is 7.52. The van der Waals surface area contributed by atoms with Crippen molar-refractivity contribution in [3.8, 4) is 11.6 Å². The highest BCUT2D eigenvalue weighted by Crippen LogP contribution is 2.28. The Balaban J connectivity index is 1.61. The summed E-state index contributed by atoms with van der Waals surface area (Å²) in [7, 11) is 0. The molecule has 9 nitrogen and oxygen atoms in total. The van der Waals surface area contributed by atoms with Crippen molar-refractivity contribution in [2.75, 3.05) is 5.32 Å². The van der Waals surface area contributed by atoms with Crippen molar-refractivity contribution in [3.63, 3.8) is 0 Å². The van der Waals surface area contributed by atoms with Crippen LogP contribution in [-0.2, 0) is 0 Å². The number of anilines is 1. The number of ether oxygens (including phenoxy) is 1. The number of pyridine rings is 1. The molecular formula is C19H12N4O5S. The van der Waals surface area contributed by atoms with E-state index in [4.69, 9.17) is 4.74 Å². The molecule has 0 radical (unpaired) electrons. The van der Waals surface area contributed by atoms with E-state index in [0.717, 1.165) is 4.40 Å². The van der Waals surface area contributed by atoms with Gasteiger partial charge in [-0.25, -0.2) is 0 Å². The van der Waals surface area contributed by atoms with Crippen LogP contribution in [0.4, 0.5) is 11.4 Å². The number of rotatable bonds is 5. The van der Waals surface area contributed by atoms with E-state index >= 15 is 0 Å². The van der Waals surface area contributed by atoms with Crippen molar-refractivity contribution in [2.45, 2.75) is 0 Å². The standard InChI is InChI=1S/C19H12N4O5S/c24-17(12-8-10-29-11-12)20-13-4-6-14(7-5-13)28-18-16(23(26)27)19(25)22-9-2-1-3-15(22)21-18/h1-11H,(H,20,24). The number of thiophene rings is 1. The summed E-state index contributed by atoms with van der Waals surface area (Å²) in [5.74, 6) is -0.421. The average molecular weight is 408 g/mol. The molecule has 10 heteroatoms. The third-order valence-corrected chi connectivity index (χ3v) is 4.65. The molecule has 1 N–H and O–H groups in total. The lowest BCUT2D eigenvalue weighted by Gasteiger charge is -2.08. The molecule has 3 heterocycles. The van der Waals surface area contributed by atoms with Gasteiger partial charge in [0.1, 0.15) is 11.4 Å². The molecule has 144 valence electrons.